The van der Waals surface area contributed by atoms with Gasteiger partial charge in [-0.3, -0.25) is 0 Å². The molecule has 0 radical (unpaired) electrons. The zero-order valence-electron chi connectivity index (χ0n) is 7.08. The standard InChI is InChI=1S/C9H9FO3/c1-13-9(12)6-2-3-7(5-11)8(10)4-6/h2-4,11H,5H2,1H3. The number of ether oxygens (including phenoxy) is 1. The van der Waals surface area contributed by atoms with Crippen molar-refractivity contribution in [3.05, 3.63) is 35.1 Å². The van der Waals surface area contributed by atoms with Gasteiger partial charge in [-0.15, -0.1) is 0 Å². The van der Waals surface area contributed by atoms with E-state index in [-0.39, 0.29) is 17.7 Å². The van der Waals surface area contributed by atoms with Crippen LogP contribution in [0.25, 0.3) is 0 Å². The highest BCUT2D eigenvalue weighted by Gasteiger charge is 2.08. The maximum absolute atomic E-state index is 13.0. The molecule has 0 aromatic heterocycles. The molecule has 1 rings (SSSR count). The van der Waals surface area contributed by atoms with E-state index >= 15 is 0 Å². The lowest BCUT2D eigenvalue weighted by atomic mass is 10.1. The predicted octanol–water partition coefficient (Wildman–Crippen LogP) is 1.10. The minimum atomic E-state index is -0.606. The highest BCUT2D eigenvalue weighted by atomic mass is 19.1. The first kappa shape index (κ1) is 9.67. The molecular formula is C9H9FO3. The van der Waals surface area contributed by atoms with E-state index in [1.807, 2.05) is 0 Å². The zero-order chi connectivity index (χ0) is 9.84. The van der Waals surface area contributed by atoms with E-state index in [2.05, 4.69) is 4.74 Å². The van der Waals surface area contributed by atoms with Crippen molar-refractivity contribution in [1.82, 2.24) is 0 Å². The molecule has 1 aromatic rings. The minimum Gasteiger partial charge on any atom is -0.465 e. The van der Waals surface area contributed by atoms with Crippen molar-refractivity contribution in [2.45, 2.75) is 6.61 Å². The zero-order valence-corrected chi connectivity index (χ0v) is 7.08. The van der Waals surface area contributed by atoms with Crippen LogP contribution in [0.4, 0.5) is 4.39 Å². The Morgan fingerprint density at radius 3 is 2.77 bits per heavy atom. The van der Waals surface area contributed by atoms with Gasteiger partial charge in [-0.25, -0.2) is 9.18 Å². The number of carbonyl (C=O) groups is 1. The van der Waals surface area contributed by atoms with Crippen molar-refractivity contribution in [3.63, 3.8) is 0 Å². The molecule has 0 fully saturated rings. The molecule has 0 saturated heterocycles. The Morgan fingerprint density at radius 2 is 2.31 bits per heavy atom. The molecule has 1 aromatic carbocycles. The van der Waals surface area contributed by atoms with Gasteiger partial charge < -0.3 is 9.84 Å². The molecule has 0 bridgehead atoms. The quantitative estimate of drug-likeness (QED) is 0.700. The molecule has 70 valence electrons. The number of rotatable bonds is 2. The summed E-state index contributed by atoms with van der Waals surface area (Å²) in [6, 6.07) is 3.79. The summed E-state index contributed by atoms with van der Waals surface area (Å²) >= 11 is 0. The predicted molar refractivity (Wildman–Crippen MR) is 43.7 cm³/mol. The Hall–Kier alpha value is -1.42. The molecule has 0 aliphatic heterocycles. The van der Waals surface area contributed by atoms with E-state index in [1.54, 1.807) is 0 Å². The number of aliphatic hydroxyl groups is 1. The Kier molecular flexibility index (Phi) is 2.97. The molecule has 1 N–H and O–H groups in total. The third-order valence-electron chi connectivity index (χ3n) is 1.64. The Bertz CT molecular complexity index is 323. The van der Waals surface area contributed by atoms with E-state index in [4.69, 9.17) is 5.11 Å². The summed E-state index contributed by atoms with van der Waals surface area (Å²) in [5.41, 5.74) is 0.296. The minimum absolute atomic E-state index is 0.136. The van der Waals surface area contributed by atoms with Gasteiger partial charge in [0.1, 0.15) is 5.82 Å². The van der Waals surface area contributed by atoms with E-state index in [1.165, 1.54) is 19.2 Å². The average Bonchev–Trinajstić information content (AvgIpc) is 2.16. The van der Waals surface area contributed by atoms with Gasteiger partial charge >= 0.3 is 5.97 Å². The van der Waals surface area contributed by atoms with Crippen LogP contribution in [0.1, 0.15) is 15.9 Å². The van der Waals surface area contributed by atoms with Gasteiger partial charge in [0.15, 0.2) is 0 Å². The van der Waals surface area contributed by atoms with Crippen molar-refractivity contribution < 1.29 is 19.0 Å². The number of methoxy groups -OCH3 is 1. The van der Waals surface area contributed by atoms with Crippen LogP contribution in [0.2, 0.25) is 0 Å². The summed E-state index contributed by atoms with van der Waals surface area (Å²) < 4.78 is 17.4. The largest absolute Gasteiger partial charge is 0.465 e. The van der Waals surface area contributed by atoms with Gasteiger partial charge in [-0.1, -0.05) is 6.07 Å². The van der Waals surface area contributed by atoms with Crippen LogP contribution in [-0.4, -0.2) is 18.2 Å². The lowest BCUT2D eigenvalue weighted by Gasteiger charge is -2.01. The van der Waals surface area contributed by atoms with Crippen molar-refractivity contribution >= 4 is 5.97 Å². The lowest BCUT2D eigenvalue weighted by molar-refractivity contribution is 0.0600. The number of esters is 1. The molecular weight excluding hydrogens is 175 g/mol. The fourth-order valence-corrected chi connectivity index (χ4v) is 0.920. The Morgan fingerprint density at radius 1 is 1.62 bits per heavy atom. The first-order valence-corrected chi connectivity index (χ1v) is 3.66. The van der Waals surface area contributed by atoms with Gasteiger partial charge in [0, 0.05) is 5.56 Å². The number of benzene rings is 1. The maximum atomic E-state index is 13.0. The molecule has 3 nitrogen and oxygen atoms in total. The van der Waals surface area contributed by atoms with Gasteiger partial charge in [0.2, 0.25) is 0 Å². The van der Waals surface area contributed by atoms with Gasteiger partial charge in [0.25, 0.3) is 0 Å². The number of hydrogen-bond acceptors (Lipinski definition) is 3. The second kappa shape index (κ2) is 4.00. The monoisotopic (exact) mass is 184 g/mol. The molecule has 0 atom stereocenters. The smallest absolute Gasteiger partial charge is 0.337 e. The number of carbonyl (C=O) groups excluding carboxylic acids is 1. The van der Waals surface area contributed by atoms with Gasteiger partial charge in [0.05, 0.1) is 19.3 Å². The highest BCUT2D eigenvalue weighted by Crippen LogP contribution is 2.10. The van der Waals surface area contributed by atoms with Crippen LogP contribution in [0.5, 0.6) is 0 Å². The molecule has 0 heterocycles. The first-order valence-electron chi connectivity index (χ1n) is 3.66. The van der Waals surface area contributed by atoms with Crippen LogP contribution in [0.15, 0.2) is 18.2 Å². The summed E-state index contributed by atoms with van der Waals surface area (Å²) in [7, 11) is 1.22. The van der Waals surface area contributed by atoms with E-state index in [0.717, 1.165) is 6.07 Å². The van der Waals surface area contributed by atoms with Crippen LogP contribution < -0.4 is 0 Å². The Labute approximate surface area is 74.8 Å². The number of hydrogen-bond donors (Lipinski definition) is 1. The van der Waals surface area contributed by atoms with Crippen molar-refractivity contribution in [2.75, 3.05) is 7.11 Å². The topological polar surface area (TPSA) is 46.5 Å². The second-order valence-corrected chi connectivity index (χ2v) is 2.46. The SMILES string of the molecule is COC(=O)c1ccc(CO)c(F)c1. The van der Waals surface area contributed by atoms with Gasteiger partial charge in [-0.05, 0) is 12.1 Å². The lowest BCUT2D eigenvalue weighted by Crippen LogP contribution is -2.02. The molecule has 0 amide bonds. The Balaban J connectivity index is 3.02. The van der Waals surface area contributed by atoms with Crippen molar-refractivity contribution in [3.8, 4) is 0 Å². The molecule has 0 unspecified atom stereocenters. The van der Waals surface area contributed by atoms with Crippen LogP contribution in [0.3, 0.4) is 0 Å². The van der Waals surface area contributed by atoms with Crippen molar-refractivity contribution in [2.24, 2.45) is 0 Å². The maximum Gasteiger partial charge on any atom is 0.337 e. The molecule has 0 aliphatic carbocycles. The fourth-order valence-electron chi connectivity index (χ4n) is 0.920. The summed E-state index contributed by atoms with van der Waals surface area (Å²) in [6.45, 7) is -0.382. The van der Waals surface area contributed by atoms with Crippen molar-refractivity contribution in [1.29, 1.82) is 0 Å². The summed E-state index contributed by atoms with van der Waals surface area (Å²) in [5, 5.41) is 8.65. The van der Waals surface area contributed by atoms with Crippen LogP contribution >= 0.6 is 0 Å². The summed E-state index contributed by atoms with van der Waals surface area (Å²) in [6.07, 6.45) is 0. The molecule has 13 heavy (non-hydrogen) atoms. The van der Waals surface area contributed by atoms with E-state index < -0.39 is 11.8 Å². The molecule has 0 spiro atoms. The van der Waals surface area contributed by atoms with Crippen LogP contribution in [0, 0.1) is 5.82 Å². The molecule has 0 saturated carbocycles. The van der Waals surface area contributed by atoms with Gasteiger partial charge in [-0.2, -0.15) is 0 Å². The summed E-state index contributed by atoms with van der Waals surface area (Å²) in [4.78, 5) is 10.9. The van der Waals surface area contributed by atoms with Crippen LogP contribution in [-0.2, 0) is 11.3 Å². The number of aliphatic hydroxyl groups excluding tert-OH is 1. The first-order chi connectivity index (χ1) is 6.19. The second-order valence-electron chi connectivity index (χ2n) is 2.46. The number of halogens is 1. The third kappa shape index (κ3) is 2.03. The third-order valence-corrected chi connectivity index (χ3v) is 1.64. The fraction of sp³-hybridized carbons (Fsp3) is 0.222. The van der Waals surface area contributed by atoms with E-state index in [9.17, 15) is 9.18 Å². The molecule has 0 aliphatic rings. The average molecular weight is 184 g/mol. The van der Waals surface area contributed by atoms with E-state index in [0.29, 0.717) is 0 Å². The highest BCUT2D eigenvalue weighted by molar-refractivity contribution is 5.89. The normalized spacial score (nSPS) is 9.77. The summed E-state index contributed by atoms with van der Waals surface area (Å²) in [5.74, 6) is -1.20. The molecule has 4 heteroatoms.